The van der Waals surface area contributed by atoms with Crippen LogP contribution in [0.25, 0.3) is 0 Å². The van der Waals surface area contributed by atoms with Crippen LogP contribution in [0.5, 0.6) is 0 Å². The molecule has 1 heterocycles. The second-order valence-corrected chi connectivity index (χ2v) is 6.46. The smallest absolute Gasteiger partial charge is 0.409 e. The third kappa shape index (κ3) is 6.96. The van der Waals surface area contributed by atoms with E-state index in [1.165, 1.54) is 6.07 Å². The van der Waals surface area contributed by atoms with Gasteiger partial charge in [0, 0.05) is 29.2 Å². The monoisotopic (exact) mass is 528 g/mol. The molecule has 3 N–H and O–H groups in total. The first-order valence-corrected chi connectivity index (χ1v) is 8.71. The number of amides is 1. The van der Waals surface area contributed by atoms with Gasteiger partial charge in [-0.15, -0.1) is 24.0 Å². The lowest BCUT2D eigenvalue weighted by Crippen LogP contribution is -2.48. The summed E-state index contributed by atoms with van der Waals surface area (Å²) in [6.07, 6.45) is 1.25. The Kier molecular flexibility index (Phi) is 9.47. The Balaban J connectivity index is 0.00000312. The summed E-state index contributed by atoms with van der Waals surface area (Å²) in [5, 5.41) is 3.13. The molecule has 1 amide bonds. The van der Waals surface area contributed by atoms with Crippen LogP contribution in [-0.4, -0.2) is 42.7 Å². The predicted octanol–water partition coefficient (Wildman–Crippen LogP) is 3.23. The van der Waals surface area contributed by atoms with Gasteiger partial charge in [-0.2, -0.15) is 0 Å². The summed E-state index contributed by atoms with van der Waals surface area (Å²) in [4.78, 5) is 17.5. The van der Waals surface area contributed by atoms with Crippen LogP contribution in [0, 0.1) is 5.82 Å². The van der Waals surface area contributed by atoms with Gasteiger partial charge in [-0.3, -0.25) is 0 Å². The number of ether oxygens (including phenoxy) is 1. The van der Waals surface area contributed by atoms with Crippen LogP contribution in [-0.2, 0) is 11.3 Å². The minimum atomic E-state index is -0.308. The standard InChI is InChI=1S/C16H22BrFN4O2.HI/c1-2-24-16(23)22-7-5-13(6-8-22)21-15(19)20-10-11-9-12(17)3-4-14(11)18;/h3-4,9,13H,2,5-8,10H2,1H3,(H3,19,20,21);1H. The average Bonchev–Trinajstić information content (AvgIpc) is 2.56. The fourth-order valence-corrected chi connectivity index (χ4v) is 2.92. The zero-order valence-corrected chi connectivity index (χ0v) is 17.9. The van der Waals surface area contributed by atoms with Gasteiger partial charge in [-0.05, 0) is 38.0 Å². The van der Waals surface area contributed by atoms with Crippen molar-refractivity contribution in [2.24, 2.45) is 10.7 Å². The molecule has 1 aliphatic rings. The predicted molar refractivity (Wildman–Crippen MR) is 110 cm³/mol. The molecule has 0 atom stereocenters. The fourth-order valence-electron chi connectivity index (χ4n) is 2.51. The molecule has 2 rings (SSSR count). The molecular weight excluding hydrogens is 506 g/mol. The molecule has 0 saturated carbocycles. The molecule has 0 radical (unpaired) electrons. The average molecular weight is 529 g/mol. The molecular formula is C16H23BrFIN4O2. The maximum absolute atomic E-state index is 13.7. The molecule has 1 saturated heterocycles. The quantitative estimate of drug-likeness (QED) is 0.357. The second kappa shape index (κ2) is 10.8. The SMILES string of the molecule is CCOC(=O)N1CCC(NC(N)=NCc2cc(Br)ccc2F)CC1.I. The number of carbonyl (C=O) groups excluding carboxylic acids is 1. The second-order valence-electron chi connectivity index (χ2n) is 5.54. The fraction of sp³-hybridized carbons (Fsp3) is 0.500. The lowest BCUT2D eigenvalue weighted by Gasteiger charge is -2.31. The Morgan fingerprint density at radius 3 is 2.80 bits per heavy atom. The molecule has 0 spiro atoms. The molecule has 1 aromatic carbocycles. The van der Waals surface area contributed by atoms with Crippen molar-refractivity contribution >= 4 is 52.0 Å². The van der Waals surface area contributed by atoms with E-state index in [0.29, 0.717) is 25.3 Å². The third-order valence-corrected chi connectivity index (χ3v) is 4.29. The van der Waals surface area contributed by atoms with Crippen LogP contribution in [0.2, 0.25) is 0 Å². The number of nitrogens with zero attached hydrogens (tertiary/aromatic N) is 2. The summed E-state index contributed by atoms with van der Waals surface area (Å²) in [6, 6.07) is 4.86. The lowest BCUT2D eigenvalue weighted by atomic mass is 10.1. The number of piperidine rings is 1. The maximum Gasteiger partial charge on any atom is 0.409 e. The summed E-state index contributed by atoms with van der Waals surface area (Å²) < 4.78 is 19.4. The van der Waals surface area contributed by atoms with E-state index in [1.54, 1.807) is 24.0 Å². The zero-order valence-electron chi connectivity index (χ0n) is 14.0. The Morgan fingerprint density at radius 2 is 2.16 bits per heavy atom. The summed E-state index contributed by atoms with van der Waals surface area (Å²) >= 11 is 3.31. The summed E-state index contributed by atoms with van der Waals surface area (Å²) in [6.45, 7) is 3.57. The van der Waals surface area contributed by atoms with Crippen molar-refractivity contribution in [3.63, 3.8) is 0 Å². The first-order valence-electron chi connectivity index (χ1n) is 7.91. The minimum absolute atomic E-state index is 0. The number of halogens is 3. The van der Waals surface area contributed by atoms with Crippen LogP contribution in [0.1, 0.15) is 25.3 Å². The molecule has 1 fully saturated rings. The summed E-state index contributed by atoms with van der Waals surface area (Å²) in [5.74, 6) is -0.0264. The van der Waals surface area contributed by atoms with Crippen molar-refractivity contribution in [2.75, 3.05) is 19.7 Å². The van der Waals surface area contributed by atoms with E-state index in [9.17, 15) is 9.18 Å². The number of guanidine groups is 1. The van der Waals surface area contributed by atoms with Crippen LogP contribution >= 0.6 is 39.9 Å². The summed E-state index contributed by atoms with van der Waals surface area (Å²) in [7, 11) is 0. The van der Waals surface area contributed by atoms with Crippen LogP contribution in [0.15, 0.2) is 27.7 Å². The van der Waals surface area contributed by atoms with Gasteiger partial charge < -0.3 is 20.7 Å². The Labute approximate surface area is 172 Å². The van der Waals surface area contributed by atoms with E-state index in [4.69, 9.17) is 10.5 Å². The molecule has 1 aromatic rings. The van der Waals surface area contributed by atoms with E-state index in [0.717, 1.165) is 17.3 Å². The number of benzene rings is 1. The zero-order chi connectivity index (χ0) is 17.5. The van der Waals surface area contributed by atoms with Gasteiger partial charge >= 0.3 is 6.09 Å². The van der Waals surface area contributed by atoms with Gasteiger partial charge in [0.2, 0.25) is 0 Å². The van der Waals surface area contributed by atoms with E-state index < -0.39 is 0 Å². The number of nitrogens with one attached hydrogen (secondary N) is 1. The Bertz CT molecular complexity index is 610. The van der Waals surface area contributed by atoms with Gasteiger partial charge in [0.1, 0.15) is 5.82 Å². The van der Waals surface area contributed by atoms with E-state index >= 15 is 0 Å². The highest BCUT2D eigenvalue weighted by molar-refractivity contribution is 14.0. The number of rotatable bonds is 4. The number of carbonyl (C=O) groups is 1. The van der Waals surface area contributed by atoms with Crippen LogP contribution < -0.4 is 11.1 Å². The van der Waals surface area contributed by atoms with Crippen LogP contribution in [0.3, 0.4) is 0 Å². The van der Waals surface area contributed by atoms with Crippen molar-refractivity contribution in [1.82, 2.24) is 10.2 Å². The van der Waals surface area contributed by atoms with E-state index in [2.05, 4.69) is 26.2 Å². The van der Waals surface area contributed by atoms with Gasteiger partial charge in [0.05, 0.1) is 13.2 Å². The molecule has 25 heavy (non-hydrogen) atoms. The molecule has 0 bridgehead atoms. The molecule has 0 unspecified atom stereocenters. The molecule has 140 valence electrons. The minimum Gasteiger partial charge on any atom is -0.450 e. The van der Waals surface area contributed by atoms with Crippen molar-refractivity contribution in [1.29, 1.82) is 0 Å². The first-order chi connectivity index (χ1) is 11.5. The molecule has 1 aliphatic heterocycles. The largest absolute Gasteiger partial charge is 0.450 e. The van der Waals surface area contributed by atoms with Gasteiger partial charge in [-0.1, -0.05) is 15.9 Å². The van der Waals surface area contributed by atoms with E-state index in [1.807, 2.05) is 0 Å². The highest BCUT2D eigenvalue weighted by atomic mass is 127. The van der Waals surface area contributed by atoms with Gasteiger partial charge in [0.25, 0.3) is 0 Å². The van der Waals surface area contributed by atoms with Crippen molar-refractivity contribution < 1.29 is 13.9 Å². The summed E-state index contributed by atoms with van der Waals surface area (Å²) in [5.41, 5.74) is 6.36. The maximum atomic E-state index is 13.7. The van der Waals surface area contributed by atoms with Crippen LogP contribution in [0.4, 0.5) is 9.18 Å². The van der Waals surface area contributed by atoms with E-state index in [-0.39, 0.29) is 54.4 Å². The number of aliphatic imine (C=N–C) groups is 1. The number of hydrogen-bond acceptors (Lipinski definition) is 3. The first kappa shape index (κ1) is 21.9. The highest BCUT2D eigenvalue weighted by Crippen LogP contribution is 2.16. The highest BCUT2D eigenvalue weighted by Gasteiger charge is 2.23. The number of hydrogen-bond donors (Lipinski definition) is 2. The molecule has 0 aliphatic carbocycles. The molecule has 6 nitrogen and oxygen atoms in total. The molecule has 9 heteroatoms. The van der Waals surface area contributed by atoms with Crippen molar-refractivity contribution in [3.8, 4) is 0 Å². The van der Waals surface area contributed by atoms with Crippen molar-refractivity contribution in [3.05, 3.63) is 34.1 Å². The lowest BCUT2D eigenvalue weighted by molar-refractivity contribution is 0.0963. The normalized spacial score (nSPS) is 15.5. The Hall–Kier alpha value is -1.10. The number of likely N-dealkylation sites (tertiary alicyclic amines) is 1. The Morgan fingerprint density at radius 1 is 1.48 bits per heavy atom. The number of nitrogens with two attached hydrogens (primary N) is 1. The van der Waals surface area contributed by atoms with Crippen molar-refractivity contribution in [2.45, 2.75) is 32.4 Å². The molecule has 0 aromatic heterocycles. The van der Waals surface area contributed by atoms with Gasteiger partial charge in [-0.25, -0.2) is 14.2 Å². The van der Waals surface area contributed by atoms with Gasteiger partial charge in [0.15, 0.2) is 5.96 Å². The third-order valence-electron chi connectivity index (χ3n) is 3.80. The topological polar surface area (TPSA) is 80.0 Å².